The van der Waals surface area contributed by atoms with Crippen molar-refractivity contribution in [1.82, 2.24) is 10.2 Å². The van der Waals surface area contributed by atoms with Gasteiger partial charge in [-0.05, 0) is 46.5 Å². The summed E-state index contributed by atoms with van der Waals surface area (Å²) < 4.78 is 6.57. The van der Waals surface area contributed by atoms with Crippen LogP contribution in [0.3, 0.4) is 0 Å². The van der Waals surface area contributed by atoms with Gasteiger partial charge in [0.2, 0.25) is 5.91 Å². The topological polar surface area (TPSA) is 41.6 Å². The molecule has 0 atom stereocenters. The zero-order valence-electron chi connectivity index (χ0n) is 12.0. The average molecular weight is 341 g/mol. The van der Waals surface area contributed by atoms with Gasteiger partial charge >= 0.3 is 0 Å². The van der Waals surface area contributed by atoms with Crippen LogP contribution in [-0.2, 0) is 11.3 Å². The molecule has 0 aliphatic heterocycles. The molecule has 0 bridgehead atoms. The molecule has 1 aliphatic carbocycles. The third-order valence-electron chi connectivity index (χ3n) is 3.24. The van der Waals surface area contributed by atoms with Gasteiger partial charge in [0.05, 0.1) is 17.5 Å². The summed E-state index contributed by atoms with van der Waals surface area (Å²) in [7, 11) is 3.50. The van der Waals surface area contributed by atoms with E-state index in [1.807, 2.05) is 6.07 Å². The van der Waals surface area contributed by atoms with Crippen molar-refractivity contribution >= 4 is 21.8 Å². The highest BCUT2D eigenvalue weighted by molar-refractivity contribution is 9.10. The second-order valence-electron chi connectivity index (χ2n) is 5.31. The Balaban J connectivity index is 1.80. The van der Waals surface area contributed by atoms with E-state index in [2.05, 4.69) is 33.4 Å². The number of carbonyl (C=O) groups excluding carboxylic acids is 1. The van der Waals surface area contributed by atoms with Gasteiger partial charge in [-0.15, -0.1) is 0 Å². The summed E-state index contributed by atoms with van der Waals surface area (Å²) in [6, 6.07) is 6.79. The minimum Gasteiger partial charge on any atom is -0.492 e. The summed E-state index contributed by atoms with van der Waals surface area (Å²) in [5.74, 6) is 0.859. The Kier molecular flexibility index (Phi) is 5.43. The SMILES string of the molecule is CN(C)C(=O)CCOc1ccc(CNC2CC2)cc1Br. The molecule has 4 nitrogen and oxygen atoms in total. The molecule has 1 N–H and O–H groups in total. The van der Waals surface area contributed by atoms with Crippen LogP contribution in [0.15, 0.2) is 22.7 Å². The van der Waals surface area contributed by atoms with Crippen molar-refractivity contribution in [2.45, 2.75) is 31.8 Å². The zero-order valence-corrected chi connectivity index (χ0v) is 13.6. The van der Waals surface area contributed by atoms with Crippen LogP contribution in [0.2, 0.25) is 0 Å². The fraction of sp³-hybridized carbons (Fsp3) is 0.533. The Morgan fingerprint density at radius 1 is 1.45 bits per heavy atom. The maximum Gasteiger partial charge on any atom is 0.225 e. The van der Waals surface area contributed by atoms with Crippen LogP contribution in [0, 0.1) is 0 Å². The van der Waals surface area contributed by atoms with E-state index in [0.29, 0.717) is 19.1 Å². The number of benzene rings is 1. The van der Waals surface area contributed by atoms with Gasteiger partial charge < -0.3 is 15.0 Å². The second-order valence-corrected chi connectivity index (χ2v) is 6.16. The normalized spacial score (nSPS) is 14.2. The van der Waals surface area contributed by atoms with E-state index in [1.54, 1.807) is 19.0 Å². The standard InChI is InChI=1S/C15H21BrN2O2/c1-18(2)15(19)7-8-20-14-6-3-11(9-13(14)16)10-17-12-4-5-12/h3,6,9,12,17H,4-5,7-8,10H2,1-2H3. The highest BCUT2D eigenvalue weighted by atomic mass is 79.9. The fourth-order valence-corrected chi connectivity index (χ4v) is 2.33. The number of hydrogen-bond donors (Lipinski definition) is 1. The summed E-state index contributed by atoms with van der Waals surface area (Å²) >= 11 is 3.52. The maximum atomic E-state index is 11.5. The van der Waals surface area contributed by atoms with Crippen LogP contribution in [-0.4, -0.2) is 37.6 Å². The van der Waals surface area contributed by atoms with Crippen LogP contribution in [0.1, 0.15) is 24.8 Å². The molecule has 0 heterocycles. The summed E-state index contributed by atoms with van der Waals surface area (Å²) in [6.45, 7) is 1.29. The van der Waals surface area contributed by atoms with Crippen LogP contribution < -0.4 is 10.1 Å². The highest BCUT2D eigenvalue weighted by Gasteiger charge is 2.20. The van der Waals surface area contributed by atoms with Gasteiger partial charge in [-0.1, -0.05) is 6.07 Å². The lowest BCUT2D eigenvalue weighted by molar-refractivity contribution is -0.129. The molecule has 1 aromatic carbocycles. The molecule has 5 heteroatoms. The van der Waals surface area contributed by atoms with Crippen LogP contribution >= 0.6 is 15.9 Å². The van der Waals surface area contributed by atoms with E-state index >= 15 is 0 Å². The molecule has 1 aromatic rings. The van der Waals surface area contributed by atoms with Gasteiger partial charge in [-0.25, -0.2) is 0 Å². The molecule has 0 radical (unpaired) electrons. The van der Waals surface area contributed by atoms with Gasteiger partial charge in [0.15, 0.2) is 0 Å². The van der Waals surface area contributed by atoms with Crippen molar-refractivity contribution in [1.29, 1.82) is 0 Å². The van der Waals surface area contributed by atoms with Crippen molar-refractivity contribution in [3.05, 3.63) is 28.2 Å². The van der Waals surface area contributed by atoms with Crippen molar-refractivity contribution in [3.63, 3.8) is 0 Å². The molecule has 110 valence electrons. The molecule has 0 saturated heterocycles. The van der Waals surface area contributed by atoms with Gasteiger partial charge in [0, 0.05) is 26.7 Å². The molecule has 1 amide bonds. The predicted molar refractivity (Wildman–Crippen MR) is 82.8 cm³/mol. The molecule has 20 heavy (non-hydrogen) atoms. The van der Waals surface area contributed by atoms with Gasteiger partial charge in [-0.2, -0.15) is 0 Å². The predicted octanol–water partition coefficient (Wildman–Crippen LogP) is 2.56. The first-order valence-electron chi connectivity index (χ1n) is 6.91. The summed E-state index contributed by atoms with van der Waals surface area (Å²) in [5, 5.41) is 3.48. The Hall–Kier alpha value is -1.07. The third-order valence-corrected chi connectivity index (χ3v) is 3.86. The van der Waals surface area contributed by atoms with E-state index in [1.165, 1.54) is 18.4 Å². The molecular weight excluding hydrogens is 320 g/mol. The maximum absolute atomic E-state index is 11.5. The zero-order chi connectivity index (χ0) is 14.5. The van der Waals surface area contributed by atoms with Gasteiger partial charge in [0.25, 0.3) is 0 Å². The summed E-state index contributed by atoms with van der Waals surface area (Å²) in [4.78, 5) is 13.0. The minimum absolute atomic E-state index is 0.0753. The molecule has 0 aromatic heterocycles. The largest absolute Gasteiger partial charge is 0.492 e. The molecule has 0 spiro atoms. The number of halogens is 1. The quantitative estimate of drug-likeness (QED) is 0.829. The fourth-order valence-electron chi connectivity index (χ4n) is 1.79. The number of amides is 1. The third kappa shape index (κ3) is 4.80. The lowest BCUT2D eigenvalue weighted by Crippen LogP contribution is -2.23. The van der Waals surface area contributed by atoms with Crippen molar-refractivity contribution < 1.29 is 9.53 Å². The van der Waals surface area contributed by atoms with Crippen LogP contribution in [0.25, 0.3) is 0 Å². The first-order valence-corrected chi connectivity index (χ1v) is 7.70. The summed E-state index contributed by atoms with van der Waals surface area (Å²) in [6.07, 6.45) is 2.98. The molecule has 1 saturated carbocycles. The molecule has 0 unspecified atom stereocenters. The molecule has 1 aliphatic rings. The Bertz CT molecular complexity index is 473. The van der Waals surface area contributed by atoms with E-state index in [-0.39, 0.29) is 5.91 Å². The van der Waals surface area contributed by atoms with E-state index in [9.17, 15) is 4.79 Å². The molecular formula is C15H21BrN2O2. The first kappa shape index (κ1) is 15.3. The van der Waals surface area contributed by atoms with E-state index in [0.717, 1.165) is 16.8 Å². The number of nitrogens with zero attached hydrogens (tertiary/aromatic N) is 1. The molecule has 2 rings (SSSR count). The Morgan fingerprint density at radius 3 is 2.80 bits per heavy atom. The Morgan fingerprint density at radius 2 is 2.20 bits per heavy atom. The minimum atomic E-state index is 0.0753. The van der Waals surface area contributed by atoms with Crippen molar-refractivity contribution in [2.75, 3.05) is 20.7 Å². The number of carbonyl (C=O) groups is 1. The number of nitrogens with one attached hydrogen (secondary N) is 1. The van der Waals surface area contributed by atoms with E-state index < -0.39 is 0 Å². The first-order chi connectivity index (χ1) is 9.56. The summed E-state index contributed by atoms with van der Waals surface area (Å²) in [5.41, 5.74) is 1.24. The van der Waals surface area contributed by atoms with E-state index in [4.69, 9.17) is 4.74 Å². The average Bonchev–Trinajstić information content (AvgIpc) is 3.22. The molecule has 1 fully saturated rings. The van der Waals surface area contributed by atoms with Crippen molar-refractivity contribution in [2.24, 2.45) is 0 Å². The lowest BCUT2D eigenvalue weighted by atomic mass is 10.2. The monoisotopic (exact) mass is 340 g/mol. The Labute approximate surface area is 128 Å². The smallest absolute Gasteiger partial charge is 0.225 e. The lowest BCUT2D eigenvalue weighted by Gasteiger charge is -2.12. The van der Waals surface area contributed by atoms with Gasteiger partial charge in [0.1, 0.15) is 5.75 Å². The van der Waals surface area contributed by atoms with Crippen molar-refractivity contribution in [3.8, 4) is 5.75 Å². The van der Waals surface area contributed by atoms with Crippen LogP contribution in [0.4, 0.5) is 0 Å². The van der Waals surface area contributed by atoms with Gasteiger partial charge in [-0.3, -0.25) is 4.79 Å². The number of hydrogen-bond acceptors (Lipinski definition) is 3. The van der Waals surface area contributed by atoms with Crippen LogP contribution in [0.5, 0.6) is 5.75 Å². The number of ether oxygens (including phenoxy) is 1. The highest BCUT2D eigenvalue weighted by Crippen LogP contribution is 2.27. The number of rotatable bonds is 7. The second kappa shape index (κ2) is 7.09.